The number of hydrogen-bond acceptors (Lipinski definition) is 7. The van der Waals surface area contributed by atoms with Crippen LogP contribution in [0.4, 0.5) is 0 Å². The summed E-state index contributed by atoms with van der Waals surface area (Å²) in [5.74, 6) is 1.16. The van der Waals surface area contributed by atoms with E-state index in [4.69, 9.17) is 9.26 Å². The maximum Gasteiger partial charge on any atom is 0.233 e. The molecule has 0 atom stereocenters. The minimum Gasteiger partial charge on any atom is -0.473 e. The number of ether oxygens (including phenoxy) is 1. The highest BCUT2D eigenvalue weighted by Crippen LogP contribution is 2.21. The van der Waals surface area contributed by atoms with E-state index in [1.54, 1.807) is 23.1 Å². The van der Waals surface area contributed by atoms with Crippen molar-refractivity contribution >= 4 is 16.9 Å². The molecular weight excluding hydrogens is 384 g/mol. The third kappa shape index (κ3) is 3.73. The molecule has 30 heavy (non-hydrogen) atoms. The van der Waals surface area contributed by atoms with E-state index in [0.717, 1.165) is 18.2 Å². The second-order valence-electron chi connectivity index (χ2n) is 7.18. The Morgan fingerprint density at radius 3 is 2.73 bits per heavy atom. The fourth-order valence-electron chi connectivity index (χ4n) is 3.62. The summed E-state index contributed by atoms with van der Waals surface area (Å²) in [5.41, 5.74) is 1.38. The molecule has 1 saturated heterocycles. The number of nitrogens with zero attached hydrogens (tertiary/aromatic N) is 6. The highest BCUT2D eigenvalue weighted by Gasteiger charge is 2.25. The Hall–Kier alpha value is -3.75. The monoisotopic (exact) mass is 404 g/mol. The number of hydrogen-bond donors (Lipinski definition) is 0. The number of para-hydroxylation sites is 1. The molecule has 0 N–H and O–H groups in total. The van der Waals surface area contributed by atoms with Crippen LogP contribution in [0.5, 0.6) is 5.88 Å². The summed E-state index contributed by atoms with van der Waals surface area (Å²) < 4.78 is 12.9. The lowest BCUT2D eigenvalue weighted by atomic mass is 10.1. The van der Waals surface area contributed by atoms with Crippen molar-refractivity contribution in [1.29, 1.82) is 0 Å². The summed E-state index contributed by atoms with van der Waals surface area (Å²) >= 11 is 0. The van der Waals surface area contributed by atoms with Crippen LogP contribution in [0.25, 0.3) is 16.8 Å². The van der Waals surface area contributed by atoms with Crippen molar-refractivity contribution in [2.75, 3.05) is 13.1 Å². The predicted octanol–water partition coefficient (Wildman–Crippen LogP) is 2.42. The summed E-state index contributed by atoms with van der Waals surface area (Å²) in [5, 5.41) is 17.3. The van der Waals surface area contributed by atoms with Gasteiger partial charge in [0.25, 0.3) is 0 Å². The van der Waals surface area contributed by atoms with Crippen LogP contribution in [0.15, 0.2) is 59.4 Å². The molecule has 152 valence electrons. The lowest BCUT2D eigenvalue weighted by Gasteiger charge is -2.31. The number of aromatic nitrogens is 5. The van der Waals surface area contributed by atoms with E-state index >= 15 is 0 Å². The Morgan fingerprint density at radius 2 is 1.97 bits per heavy atom. The van der Waals surface area contributed by atoms with Crippen LogP contribution in [-0.2, 0) is 11.2 Å². The molecular formula is C21H20N6O3. The minimum atomic E-state index is 0.00628. The Bertz CT molecular complexity index is 1130. The van der Waals surface area contributed by atoms with Gasteiger partial charge in [-0.3, -0.25) is 4.79 Å². The fraction of sp³-hybridized carbons (Fsp3) is 0.286. The molecule has 9 heteroatoms. The molecule has 1 amide bonds. The van der Waals surface area contributed by atoms with Crippen LogP contribution in [0.1, 0.15) is 18.5 Å². The minimum absolute atomic E-state index is 0.00628. The second-order valence-corrected chi connectivity index (χ2v) is 7.18. The van der Waals surface area contributed by atoms with Gasteiger partial charge in [-0.2, -0.15) is 5.10 Å². The maximum absolute atomic E-state index is 12.7. The van der Waals surface area contributed by atoms with Crippen LogP contribution < -0.4 is 4.74 Å². The van der Waals surface area contributed by atoms with Crippen molar-refractivity contribution in [2.45, 2.75) is 25.4 Å². The lowest BCUT2D eigenvalue weighted by Crippen LogP contribution is -2.42. The second kappa shape index (κ2) is 7.94. The summed E-state index contributed by atoms with van der Waals surface area (Å²) in [6.07, 6.45) is 5.22. The van der Waals surface area contributed by atoms with Gasteiger partial charge in [-0.25, -0.2) is 4.68 Å². The van der Waals surface area contributed by atoms with Crippen LogP contribution in [-0.4, -0.2) is 55.1 Å². The molecule has 1 fully saturated rings. The van der Waals surface area contributed by atoms with E-state index in [-0.39, 0.29) is 18.4 Å². The van der Waals surface area contributed by atoms with E-state index in [9.17, 15) is 4.79 Å². The topological polar surface area (TPSA) is 99.2 Å². The highest BCUT2D eigenvalue weighted by atomic mass is 16.5. The summed E-state index contributed by atoms with van der Waals surface area (Å²) in [6.45, 7) is 1.27. The number of carbonyl (C=O) groups is 1. The molecule has 3 aromatic heterocycles. The standard InChI is InChI=1S/C21H20N6O3/c28-21(14-17-16-4-1-2-5-18(16)30-25-17)26-12-8-15(9-13-26)29-20-7-6-19(23-24-20)27-11-3-10-22-27/h1-7,10-11,15H,8-9,12-14H2. The molecule has 1 aromatic carbocycles. The normalized spacial score (nSPS) is 14.9. The lowest BCUT2D eigenvalue weighted by molar-refractivity contribution is -0.132. The zero-order chi connectivity index (χ0) is 20.3. The molecule has 0 unspecified atom stereocenters. The van der Waals surface area contributed by atoms with Crippen LogP contribution in [0.2, 0.25) is 0 Å². The van der Waals surface area contributed by atoms with Gasteiger partial charge in [0.15, 0.2) is 11.4 Å². The van der Waals surface area contributed by atoms with Gasteiger partial charge in [0.2, 0.25) is 11.8 Å². The molecule has 4 heterocycles. The van der Waals surface area contributed by atoms with E-state index in [2.05, 4.69) is 20.5 Å². The number of amides is 1. The molecule has 1 aliphatic rings. The number of carbonyl (C=O) groups excluding carboxylic acids is 1. The highest BCUT2D eigenvalue weighted by molar-refractivity contribution is 5.86. The Balaban J connectivity index is 1.15. The maximum atomic E-state index is 12.7. The van der Waals surface area contributed by atoms with Crippen molar-refractivity contribution in [2.24, 2.45) is 0 Å². The zero-order valence-corrected chi connectivity index (χ0v) is 16.2. The first kappa shape index (κ1) is 18.3. The Morgan fingerprint density at radius 1 is 1.10 bits per heavy atom. The quantitative estimate of drug-likeness (QED) is 0.504. The van der Waals surface area contributed by atoms with Crippen LogP contribution in [0.3, 0.4) is 0 Å². The van der Waals surface area contributed by atoms with E-state index in [1.165, 1.54) is 0 Å². The van der Waals surface area contributed by atoms with Gasteiger partial charge in [0.05, 0.1) is 6.42 Å². The van der Waals surface area contributed by atoms with Crippen molar-refractivity contribution < 1.29 is 14.1 Å². The number of fused-ring (bicyclic) bond motifs is 1. The molecule has 0 spiro atoms. The Labute approximate surface area is 172 Å². The third-order valence-electron chi connectivity index (χ3n) is 5.22. The van der Waals surface area contributed by atoms with Gasteiger partial charge in [0.1, 0.15) is 11.8 Å². The van der Waals surface area contributed by atoms with Crippen molar-refractivity contribution in [3.8, 4) is 11.7 Å². The van der Waals surface area contributed by atoms with E-state index in [0.29, 0.717) is 36.1 Å². The molecule has 0 radical (unpaired) electrons. The van der Waals surface area contributed by atoms with Crippen LogP contribution in [0, 0.1) is 0 Å². The zero-order valence-electron chi connectivity index (χ0n) is 16.2. The molecule has 1 aliphatic heterocycles. The number of piperidine rings is 1. The van der Waals surface area contributed by atoms with Gasteiger partial charge in [-0.15, -0.1) is 10.2 Å². The first-order chi connectivity index (χ1) is 14.8. The number of rotatable bonds is 5. The van der Waals surface area contributed by atoms with Gasteiger partial charge in [-0.1, -0.05) is 17.3 Å². The first-order valence-electron chi connectivity index (χ1n) is 9.88. The predicted molar refractivity (Wildman–Crippen MR) is 107 cm³/mol. The van der Waals surface area contributed by atoms with Gasteiger partial charge >= 0.3 is 0 Å². The summed E-state index contributed by atoms with van der Waals surface area (Å²) in [7, 11) is 0. The molecule has 5 rings (SSSR count). The number of benzene rings is 1. The third-order valence-corrected chi connectivity index (χ3v) is 5.22. The van der Waals surface area contributed by atoms with Gasteiger partial charge < -0.3 is 14.2 Å². The van der Waals surface area contributed by atoms with E-state index in [1.807, 2.05) is 41.3 Å². The van der Waals surface area contributed by atoms with Gasteiger partial charge in [0, 0.05) is 49.8 Å². The summed E-state index contributed by atoms with van der Waals surface area (Å²) in [6, 6.07) is 13.0. The molecule has 9 nitrogen and oxygen atoms in total. The largest absolute Gasteiger partial charge is 0.473 e. The number of likely N-dealkylation sites (tertiary alicyclic amines) is 1. The average Bonchev–Trinajstić information content (AvgIpc) is 3.46. The first-order valence-corrected chi connectivity index (χ1v) is 9.88. The van der Waals surface area contributed by atoms with Crippen molar-refractivity contribution in [3.05, 3.63) is 60.6 Å². The van der Waals surface area contributed by atoms with Gasteiger partial charge in [-0.05, 0) is 24.3 Å². The summed E-state index contributed by atoms with van der Waals surface area (Å²) in [4.78, 5) is 14.6. The van der Waals surface area contributed by atoms with Crippen molar-refractivity contribution in [3.63, 3.8) is 0 Å². The molecule has 4 aromatic rings. The molecule has 0 saturated carbocycles. The fourth-order valence-corrected chi connectivity index (χ4v) is 3.62. The van der Waals surface area contributed by atoms with Crippen LogP contribution >= 0.6 is 0 Å². The molecule has 0 aliphatic carbocycles. The Kier molecular flexibility index (Phi) is 4.84. The SMILES string of the molecule is O=C(Cc1noc2ccccc12)N1CCC(Oc2ccc(-n3cccn3)nn2)CC1. The smallest absolute Gasteiger partial charge is 0.233 e. The average molecular weight is 404 g/mol. The molecule has 0 bridgehead atoms. The van der Waals surface area contributed by atoms with E-state index < -0.39 is 0 Å². The van der Waals surface area contributed by atoms with Crippen molar-refractivity contribution in [1.82, 2.24) is 30.0 Å².